The summed E-state index contributed by atoms with van der Waals surface area (Å²) in [6.45, 7) is 4.65. The monoisotopic (exact) mass is 557 g/mol. The number of rotatable bonds is 8. The Hall–Kier alpha value is -2.09. The highest BCUT2D eigenvalue weighted by Crippen LogP contribution is 2.40. The predicted octanol–water partition coefficient (Wildman–Crippen LogP) is 5.19. The Morgan fingerprint density at radius 2 is 1.63 bits per heavy atom. The third kappa shape index (κ3) is 6.37. The summed E-state index contributed by atoms with van der Waals surface area (Å²) in [5.41, 5.74) is 3.76. The second kappa shape index (κ2) is 12.8. The number of nitrogens with one attached hydrogen (secondary N) is 1. The fourth-order valence-electron chi connectivity index (χ4n) is 6.07. The van der Waals surface area contributed by atoms with Crippen molar-refractivity contribution in [2.75, 3.05) is 39.4 Å². The van der Waals surface area contributed by atoms with Crippen molar-refractivity contribution in [1.82, 2.24) is 15.1 Å². The zero-order chi connectivity index (χ0) is 26.5. The zero-order valence-corrected chi connectivity index (χ0v) is 23.3. The molecule has 1 saturated heterocycles. The van der Waals surface area contributed by atoms with Crippen LogP contribution in [0.2, 0.25) is 10.0 Å². The first-order valence-electron chi connectivity index (χ1n) is 13.8. The first kappa shape index (κ1) is 27.5. The Labute approximate surface area is 235 Å². The van der Waals surface area contributed by atoms with Gasteiger partial charge >= 0.3 is 0 Å². The molecular formula is C30H37Cl2N3O3. The maximum absolute atomic E-state index is 13.9. The smallest absolute Gasteiger partial charge is 0.255 e. The van der Waals surface area contributed by atoms with E-state index in [4.69, 9.17) is 27.9 Å². The largest absolute Gasteiger partial charge is 0.379 e. The van der Waals surface area contributed by atoms with E-state index in [0.717, 1.165) is 76.2 Å². The summed E-state index contributed by atoms with van der Waals surface area (Å²) in [6.07, 6.45) is 4.17. The third-order valence-electron chi connectivity index (χ3n) is 8.21. The standard InChI is InChI=1S/C30H37Cl2N3O3/c31-26-9-4-8-24(27(26)32)20-25-28(23-12-10-22(11-13-23)21-6-2-1-3-7-21)33-30(37)35(29(25)36)15-5-14-34-16-18-38-19-17-34/h1-4,6-9,22-23,30,33,37H,5,10-20H2/t22-,23-,30?. The number of halogens is 2. The van der Waals surface area contributed by atoms with Gasteiger partial charge in [-0.3, -0.25) is 14.6 Å². The molecule has 0 bridgehead atoms. The number of carbonyl (C=O) groups is 1. The van der Waals surface area contributed by atoms with Gasteiger partial charge < -0.3 is 15.2 Å². The van der Waals surface area contributed by atoms with Crippen LogP contribution < -0.4 is 5.32 Å². The van der Waals surface area contributed by atoms with E-state index < -0.39 is 6.35 Å². The first-order valence-corrected chi connectivity index (χ1v) is 14.5. The van der Waals surface area contributed by atoms with E-state index in [-0.39, 0.29) is 11.8 Å². The van der Waals surface area contributed by atoms with Crippen molar-refractivity contribution in [2.24, 2.45) is 5.92 Å². The molecule has 0 aromatic heterocycles. The molecule has 1 aliphatic carbocycles. The molecule has 6 nitrogen and oxygen atoms in total. The van der Waals surface area contributed by atoms with Gasteiger partial charge in [0.2, 0.25) is 6.35 Å². The molecule has 1 atom stereocenters. The Balaban J connectivity index is 1.34. The normalized spacial score (nSPS) is 25.0. The number of amides is 1. The average molecular weight is 559 g/mol. The van der Waals surface area contributed by atoms with Crippen LogP contribution in [0.25, 0.3) is 0 Å². The molecule has 1 saturated carbocycles. The highest BCUT2D eigenvalue weighted by atomic mass is 35.5. The molecule has 0 radical (unpaired) electrons. The van der Waals surface area contributed by atoms with Gasteiger partial charge in [-0.15, -0.1) is 0 Å². The molecule has 5 rings (SSSR count). The quantitative estimate of drug-likeness (QED) is 0.467. The summed E-state index contributed by atoms with van der Waals surface area (Å²) < 4.78 is 5.44. The molecule has 2 aromatic rings. The van der Waals surface area contributed by atoms with E-state index in [9.17, 15) is 9.90 Å². The SMILES string of the molecule is O=C1C(Cc2cccc(Cl)c2Cl)=C([C@H]2CC[C@H](c3ccccc3)CC2)NC(O)N1CCCN1CCOCC1. The van der Waals surface area contributed by atoms with Crippen molar-refractivity contribution in [2.45, 2.75) is 50.8 Å². The van der Waals surface area contributed by atoms with E-state index in [1.54, 1.807) is 11.0 Å². The first-order chi connectivity index (χ1) is 18.5. The lowest BCUT2D eigenvalue weighted by molar-refractivity contribution is -0.141. The van der Waals surface area contributed by atoms with Gasteiger partial charge in [0.1, 0.15) is 0 Å². The highest BCUT2D eigenvalue weighted by Gasteiger charge is 2.37. The lowest BCUT2D eigenvalue weighted by Gasteiger charge is -2.40. The molecule has 3 aliphatic rings. The third-order valence-corrected chi connectivity index (χ3v) is 9.06. The molecule has 2 fully saturated rings. The minimum absolute atomic E-state index is 0.116. The highest BCUT2D eigenvalue weighted by molar-refractivity contribution is 6.42. The molecule has 1 amide bonds. The maximum atomic E-state index is 13.9. The second-order valence-electron chi connectivity index (χ2n) is 10.6. The molecule has 1 unspecified atom stereocenters. The second-order valence-corrected chi connectivity index (χ2v) is 11.4. The van der Waals surface area contributed by atoms with Gasteiger partial charge in [-0.2, -0.15) is 0 Å². The number of ether oxygens (including phenoxy) is 1. The summed E-state index contributed by atoms with van der Waals surface area (Å²) in [5.74, 6) is 0.603. The van der Waals surface area contributed by atoms with Gasteiger partial charge in [0.05, 0.1) is 23.3 Å². The number of hydrogen-bond donors (Lipinski definition) is 2. The van der Waals surface area contributed by atoms with Crippen LogP contribution >= 0.6 is 23.2 Å². The van der Waals surface area contributed by atoms with Crippen molar-refractivity contribution in [3.63, 3.8) is 0 Å². The number of benzene rings is 2. The van der Waals surface area contributed by atoms with Crippen molar-refractivity contribution in [3.05, 3.63) is 81.0 Å². The van der Waals surface area contributed by atoms with Crippen LogP contribution in [0.15, 0.2) is 59.8 Å². The molecule has 204 valence electrons. The number of nitrogens with zero attached hydrogens (tertiary/aromatic N) is 2. The minimum Gasteiger partial charge on any atom is -0.379 e. The van der Waals surface area contributed by atoms with Crippen molar-refractivity contribution < 1.29 is 14.6 Å². The van der Waals surface area contributed by atoms with Crippen molar-refractivity contribution in [3.8, 4) is 0 Å². The van der Waals surface area contributed by atoms with Gasteiger partial charge in [-0.1, -0.05) is 65.7 Å². The predicted molar refractivity (Wildman–Crippen MR) is 151 cm³/mol. The van der Waals surface area contributed by atoms with Crippen LogP contribution in [0.3, 0.4) is 0 Å². The van der Waals surface area contributed by atoms with Gasteiger partial charge in [0.15, 0.2) is 0 Å². The molecule has 2 heterocycles. The Kier molecular flexibility index (Phi) is 9.29. The fraction of sp³-hybridized carbons (Fsp3) is 0.500. The van der Waals surface area contributed by atoms with E-state index in [1.807, 2.05) is 12.1 Å². The summed E-state index contributed by atoms with van der Waals surface area (Å²) >= 11 is 12.9. The molecule has 38 heavy (non-hydrogen) atoms. The number of carbonyl (C=O) groups excluding carboxylic acids is 1. The number of hydrogen-bond acceptors (Lipinski definition) is 5. The van der Waals surface area contributed by atoms with Crippen molar-refractivity contribution >= 4 is 29.1 Å². The number of aliphatic hydroxyl groups is 1. The average Bonchev–Trinajstić information content (AvgIpc) is 2.95. The summed E-state index contributed by atoms with van der Waals surface area (Å²) in [5, 5.41) is 15.4. The van der Waals surface area contributed by atoms with Gasteiger partial charge in [0, 0.05) is 43.9 Å². The van der Waals surface area contributed by atoms with Crippen LogP contribution in [0.1, 0.15) is 49.1 Å². The van der Waals surface area contributed by atoms with Gasteiger partial charge in [-0.25, -0.2) is 0 Å². The van der Waals surface area contributed by atoms with Crippen LogP contribution in [-0.4, -0.2) is 66.6 Å². The fourth-order valence-corrected chi connectivity index (χ4v) is 6.46. The lowest BCUT2D eigenvalue weighted by atomic mass is 9.76. The Morgan fingerprint density at radius 3 is 2.37 bits per heavy atom. The molecule has 2 aliphatic heterocycles. The lowest BCUT2D eigenvalue weighted by Crippen LogP contribution is -2.55. The number of morpholine rings is 1. The Morgan fingerprint density at radius 1 is 0.921 bits per heavy atom. The van der Waals surface area contributed by atoms with Crippen LogP contribution in [0, 0.1) is 5.92 Å². The molecule has 0 spiro atoms. The van der Waals surface area contributed by atoms with E-state index in [2.05, 4.69) is 40.5 Å². The topological polar surface area (TPSA) is 65.0 Å². The molecule has 2 N–H and O–H groups in total. The van der Waals surface area contributed by atoms with Crippen LogP contribution in [0.4, 0.5) is 0 Å². The Bertz CT molecular complexity index is 1130. The van der Waals surface area contributed by atoms with Crippen LogP contribution in [-0.2, 0) is 16.0 Å². The van der Waals surface area contributed by atoms with Crippen LogP contribution in [0.5, 0.6) is 0 Å². The van der Waals surface area contributed by atoms with E-state index >= 15 is 0 Å². The zero-order valence-electron chi connectivity index (χ0n) is 21.8. The van der Waals surface area contributed by atoms with E-state index in [1.165, 1.54) is 5.56 Å². The summed E-state index contributed by atoms with van der Waals surface area (Å²) in [4.78, 5) is 17.8. The summed E-state index contributed by atoms with van der Waals surface area (Å²) in [6, 6.07) is 16.2. The maximum Gasteiger partial charge on any atom is 0.255 e. The molecular weight excluding hydrogens is 521 g/mol. The summed E-state index contributed by atoms with van der Waals surface area (Å²) in [7, 11) is 0. The minimum atomic E-state index is -1.03. The molecule has 2 aromatic carbocycles. The van der Waals surface area contributed by atoms with Gasteiger partial charge in [0.25, 0.3) is 5.91 Å². The van der Waals surface area contributed by atoms with Crippen molar-refractivity contribution in [1.29, 1.82) is 0 Å². The number of allylic oxidation sites excluding steroid dienone is 1. The van der Waals surface area contributed by atoms with E-state index in [0.29, 0.717) is 34.5 Å². The molecule has 8 heteroatoms. The van der Waals surface area contributed by atoms with Gasteiger partial charge in [-0.05, 0) is 61.1 Å². The number of aliphatic hydroxyl groups excluding tert-OH is 1.